The van der Waals surface area contributed by atoms with Crippen molar-refractivity contribution in [3.8, 4) is 0 Å². The molecule has 0 atom stereocenters. The van der Waals surface area contributed by atoms with Crippen LogP contribution in [0, 0.1) is 0 Å². The minimum atomic E-state index is -0.238. The van der Waals surface area contributed by atoms with Crippen molar-refractivity contribution in [1.29, 1.82) is 0 Å². The van der Waals surface area contributed by atoms with Gasteiger partial charge in [-0.15, -0.1) is 5.10 Å². The fourth-order valence-electron chi connectivity index (χ4n) is 6.34. The van der Waals surface area contributed by atoms with Crippen molar-refractivity contribution in [2.45, 2.75) is 37.1 Å². The summed E-state index contributed by atoms with van der Waals surface area (Å²) in [6.45, 7) is 3.67. The third kappa shape index (κ3) is 6.23. The lowest BCUT2D eigenvalue weighted by Crippen LogP contribution is -2.44. The van der Waals surface area contributed by atoms with Crippen LogP contribution < -0.4 is 10.2 Å². The van der Waals surface area contributed by atoms with Crippen LogP contribution in [-0.2, 0) is 10.3 Å². The molecule has 4 heterocycles. The highest BCUT2D eigenvalue weighted by molar-refractivity contribution is 6.30. The summed E-state index contributed by atoms with van der Waals surface area (Å²) in [5.74, 6) is 0.552. The molecule has 1 amide bonds. The molecule has 44 heavy (non-hydrogen) atoms. The van der Waals surface area contributed by atoms with Crippen molar-refractivity contribution in [3.05, 3.63) is 83.0 Å². The van der Waals surface area contributed by atoms with Crippen molar-refractivity contribution < 1.29 is 9.63 Å². The Labute approximate surface area is 263 Å². The van der Waals surface area contributed by atoms with Crippen molar-refractivity contribution in [2.24, 2.45) is 5.16 Å². The second-order valence-corrected chi connectivity index (χ2v) is 12.3. The lowest BCUT2D eigenvalue weighted by Gasteiger charge is -2.40. The summed E-state index contributed by atoms with van der Waals surface area (Å²) in [5, 5.41) is 12.9. The number of hydrogen-bond donors (Lipinski definition) is 1. The number of oxime groups is 1. The number of amides is 1. The van der Waals surface area contributed by atoms with E-state index in [0.29, 0.717) is 16.5 Å². The Morgan fingerprint density at radius 2 is 1.77 bits per heavy atom. The van der Waals surface area contributed by atoms with Crippen molar-refractivity contribution >= 4 is 46.7 Å². The largest absolute Gasteiger partial charge is 0.399 e. The Kier molecular flexibility index (Phi) is 8.72. The van der Waals surface area contributed by atoms with Crippen molar-refractivity contribution in [2.75, 3.05) is 57.6 Å². The number of halogens is 1. The number of aromatic nitrogens is 3. The minimum Gasteiger partial charge on any atom is -0.399 e. The maximum atomic E-state index is 13.1. The molecule has 6 rings (SSSR count). The smallest absolute Gasteiger partial charge is 0.253 e. The van der Waals surface area contributed by atoms with E-state index >= 15 is 0 Å². The molecule has 0 bridgehead atoms. The average Bonchev–Trinajstić information content (AvgIpc) is 3.47. The number of hydrogen-bond acceptors (Lipinski definition) is 8. The molecule has 2 aliphatic rings. The zero-order chi connectivity index (χ0) is 30.7. The Hall–Kier alpha value is -4.15. The number of benzene rings is 2. The predicted octanol–water partition coefficient (Wildman–Crippen LogP) is 5.46. The van der Waals surface area contributed by atoms with E-state index < -0.39 is 0 Å². The first kappa shape index (κ1) is 29.9. The third-order valence-electron chi connectivity index (χ3n) is 9.11. The maximum absolute atomic E-state index is 13.1. The summed E-state index contributed by atoms with van der Waals surface area (Å²) in [6.07, 6.45) is 7.56. The number of carbonyl (C=O) groups excluding carboxylic acids is 1. The van der Waals surface area contributed by atoms with Crippen LogP contribution in [0.1, 0.15) is 41.6 Å². The van der Waals surface area contributed by atoms with Crippen LogP contribution in [0.15, 0.2) is 72.0 Å². The van der Waals surface area contributed by atoms with Gasteiger partial charge in [-0.1, -0.05) is 28.9 Å². The lowest BCUT2D eigenvalue weighted by atomic mass is 9.73. The molecule has 0 unspecified atom stereocenters. The molecular formula is C33H39ClN8O2. The van der Waals surface area contributed by atoms with Crippen molar-refractivity contribution in [1.82, 2.24) is 24.4 Å². The SMILES string of the molecule is CON=CC1(c2ccc(Cl)cc2)CCN(c2cccn3nc(Nc4ccc(C(=O)N(C)C5CCN(C)CC5)cc4)nc23)CC1. The Morgan fingerprint density at radius 1 is 1.07 bits per heavy atom. The molecule has 2 aliphatic heterocycles. The van der Waals surface area contributed by atoms with Gasteiger partial charge in [0, 0.05) is 54.1 Å². The van der Waals surface area contributed by atoms with E-state index in [2.05, 4.69) is 50.6 Å². The van der Waals surface area contributed by atoms with E-state index in [1.807, 2.05) is 66.8 Å². The van der Waals surface area contributed by atoms with Crippen LogP contribution in [0.4, 0.5) is 17.3 Å². The van der Waals surface area contributed by atoms with Crippen LogP contribution in [0.3, 0.4) is 0 Å². The number of carbonyl (C=O) groups is 1. The number of likely N-dealkylation sites (tertiary alicyclic amines) is 1. The minimum absolute atomic E-state index is 0.0525. The standard InChI is InChI=1S/C33H39ClN8O2/c1-39-19-14-28(15-20-39)40(2)31(43)24-6-12-27(13-7-24)36-32-37-30-29(5-4-18-42(30)38-32)41-21-16-33(17-22-41,23-35-44-3)25-8-10-26(34)11-9-25/h4-13,18,23,28H,14-17,19-22H2,1-3H3,(H,36,38). The molecule has 0 aliphatic carbocycles. The van der Waals surface area contributed by atoms with Crippen LogP contribution in [0.5, 0.6) is 0 Å². The van der Waals surface area contributed by atoms with Gasteiger partial charge in [0.2, 0.25) is 5.95 Å². The molecular weight excluding hydrogens is 576 g/mol. The van der Waals surface area contributed by atoms with Gasteiger partial charge in [0.1, 0.15) is 7.11 Å². The van der Waals surface area contributed by atoms with E-state index in [1.165, 1.54) is 5.56 Å². The first-order valence-corrected chi connectivity index (χ1v) is 15.5. The van der Waals surface area contributed by atoms with Gasteiger partial charge in [0.15, 0.2) is 5.65 Å². The molecule has 0 spiro atoms. The maximum Gasteiger partial charge on any atom is 0.253 e. The van der Waals surface area contributed by atoms with Crippen LogP contribution in [-0.4, -0.2) is 89.9 Å². The van der Waals surface area contributed by atoms with Gasteiger partial charge in [-0.05, 0) is 99.9 Å². The van der Waals surface area contributed by atoms with Gasteiger partial charge in [0.25, 0.3) is 5.91 Å². The summed E-state index contributed by atoms with van der Waals surface area (Å²) in [6, 6.07) is 19.9. The molecule has 2 aromatic carbocycles. The summed E-state index contributed by atoms with van der Waals surface area (Å²) >= 11 is 6.17. The van der Waals surface area contributed by atoms with Crippen LogP contribution in [0.25, 0.3) is 5.65 Å². The predicted molar refractivity (Wildman–Crippen MR) is 175 cm³/mol. The van der Waals surface area contributed by atoms with Gasteiger partial charge in [-0.25, -0.2) is 4.52 Å². The Morgan fingerprint density at radius 3 is 2.45 bits per heavy atom. The summed E-state index contributed by atoms with van der Waals surface area (Å²) in [5.41, 5.74) is 4.25. The first-order chi connectivity index (χ1) is 21.3. The third-order valence-corrected chi connectivity index (χ3v) is 9.36. The number of anilines is 3. The van der Waals surface area contributed by atoms with Crippen LogP contribution >= 0.6 is 11.6 Å². The fourth-order valence-corrected chi connectivity index (χ4v) is 6.47. The van der Waals surface area contributed by atoms with Gasteiger partial charge in [-0.2, -0.15) is 4.98 Å². The van der Waals surface area contributed by atoms with Crippen LogP contribution in [0.2, 0.25) is 5.02 Å². The zero-order valence-corrected chi connectivity index (χ0v) is 26.2. The first-order valence-electron chi connectivity index (χ1n) is 15.1. The quantitative estimate of drug-likeness (QED) is 0.208. The highest BCUT2D eigenvalue weighted by Crippen LogP contribution is 2.37. The lowest BCUT2D eigenvalue weighted by molar-refractivity contribution is 0.0659. The van der Waals surface area contributed by atoms with E-state index in [-0.39, 0.29) is 17.4 Å². The molecule has 10 nitrogen and oxygen atoms in total. The number of pyridine rings is 1. The van der Waals surface area contributed by atoms with E-state index in [1.54, 1.807) is 11.6 Å². The number of nitrogens with zero attached hydrogens (tertiary/aromatic N) is 7. The molecule has 0 radical (unpaired) electrons. The number of rotatable bonds is 8. The van der Waals surface area contributed by atoms with Gasteiger partial charge >= 0.3 is 0 Å². The van der Waals surface area contributed by atoms with Gasteiger partial charge < -0.3 is 24.9 Å². The topological polar surface area (TPSA) is 90.6 Å². The van der Waals surface area contributed by atoms with Gasteiger partial charge in [0.05, 0.1) is 11.9 Å². The average molecular weight is 615 g/mol. The Balaban J connectivity index is 1.14. The summed E-state index contributed by atoms with van der Waals surface area (Å²) < 4.78 is 1.81. The molecule has 2 aromatic heterocycles. The number of fused-ring (bicyclic) bond motifs is 1. The number of piperidine rings is 2. The second-order valence-electron chi connectivity index (χ2n) is 11.8. The molecule has 2 saturated heterocycles. The zero-order valence-electron chi connectivity index (χ0n) is 25.5. The fraction of sp³-hybridized carbons (Fsp3) is 0.394. The molecule has 1 N–H and O–H groups in total. The molecule has 0 saturated carbocycles. The molecule has 11 heteroatoms. The highest BCUT2D eigenvalue weighted by atomic mass is 35.5. The monoisotopic (exact) mass is 614 g/mol. The van der Waals surface area contributed by atoms with E-state index in [0.717, 1.165) is 68.9 Å². The number of nitrogens with one attached hydrogen (secondary N) is 1. The highest BCUT2D eigenvalue weighted by Gasteiger charge is 2.36. The summed E-state index contributed by atoms with van der Waals surface area (Å²) in [4.78, 5) is 29.6. The molecule has 2 fully saturated rings. The Bertz CT molecular complexity index is 1610. The normalized spacial score (nSPS) is 17.7. The van der Waals surface area contributed by atoms with Gasteiger partial charge in [-0.3, -0.25) is 4.79 Å². The summed E-state index contributed by atoms with van der Waals surface area (Å²) in [7, 11) is 5.61. The second kappa shape index (κ2) is 12.8. The van der Waals surface area contributed by atoms with E-state index in [9.17, 15) is 4.79 Å². The van der Waals surface area contributed by atoms with E-state index in [4.69, 9.17) is 21.4 Å². The molecule has 230 valence electrons. The van der Waals surface area contributed by atoms with Crippen molar-refractivity contribution in [3.63, 3.8) is 0 Å². The molecule has 4 aromatic rings.